The zero-order chi connectivity index (χ0) is 17.8. The van der Waals surface area contributed by atoms with Crippen molar-refractivity contribution >= 4 is 11.7 Å². The van der Waals surface area contributed by atoms with E-state index in [1.165, 1.54) is 0 Å². The number of carbonyl (C=O) groups excluding carboxylic acids is 1. The van der Waals surface area contributed by atoms with E-state index in [0.29, 0.717) is 37.0 Å². The zero-order valence-corrected chi connectivity index (χ0v) is 14.5. The summed E-state index contributed by atoms with van der Waals surface area (Å²) < 4.78 is 12.5. The Balaban J connectivity index is 1.75. The number of nitrogens with zero attached hydrogens (tertiary/aromatic N) is 4. The molecule has 0 saturated carbocycles. The lowest BCUT2D eigenvalue weighted by Crippen LogP contribution is -2.38. The first-order valence-electron chi connectivity index (χ1n) is 8.32. The molecule has 3 rings (SSSR count). The quantitative estimate of drug-likeness (QED) is 0.845. The second-order valence-corrected chi connectivity index (χ2v) is 5.99. The standard InChI is InChI=1S/C17H23N5O3/c1-3-25-16-5-4-12(9-19-16)17(23)22-11-14(24-2)8-13(22)10-21-7-6-15(18)20-21/h4-7,9,13-14H,3,8,10-11H2,1-2H3,(H2,18,20)/t13-,14+/m0/s1. The van der Waals surface area contributed by atoms with E-state index >= 15 is 0 Å². The molecule has 134 valence electrons. The highest BCUT2D eigenvalue weighted by molar-refractivity contribution is 5.94. The van der Waals surface area contributed by atoms with Gasteiger partial charge in [0.1, 0.15) is 5.82 Å². The van der Waals surface area contributed by atoms with Crippen LogP contribution < -0.4 is 10.5 Å². The first-order valence-corrected chi connectivity index (χ1v) is 8.32. The summed E-state index contributed by atoms with van der Waals surface area (Å²) in [5.74, 6) is 0.911. The Bertz CT molecular complexity index is 715. The summed E-state index contributed by atoms with van der Waals surface area (Å²) in [6.07, 6.45) is 4.14. The molecule has 0 unspecified atom stereocenters. The van der Waals surface area contributed by atoms with Crippen LogP contribution in [0.15, 0.2) is 30.6 Å². The molecule has 1 amide bonds. The van der Waals surface area contributed by atoms with Crippen molar-refractivity contribution in [1.29, 1.82) is 0 Å². The number of hydrogen-bond donors (Lipinski definition) is 1. The highest BCUT2D eigenvalue weighted by atomic mass is 16.5. The first-order chi connectivity index (χ1) is 12.1. The Morgan fingerprint density at radius 3 is 2.84 bits per heavy atom. The van der Waals surface area contributed by atoms with Crippen LogP contribution in [0.4, 0.5) is 5.82 Å². The van der Waals surface area contributed by atoms with E-state index in [9.17, 15) is 4.79 Å². The summed E-state index contributed by atoms with van der Waals surface area (Å²) in [6, 6.07) is 5.18. The Morgan fingerprint density at radius 2 is 2.24 bits per heavy atom. The van der Waals surface area contributed by atoms with Gasteiger partial charge < -0.3 is 20.1 Å². The van der Waals surface area contributed by atoms with Gasteiger partial charge in [0.2, 0.25) is 5.88 Å². The third-order valence-electron chi connectivity index (χ3n) is 4.30. The summed E-state index contributed by atoms with van der Waals surface area (Å²) in [5.41, 5.74) is 6.21. The fraction of sp³-hybridized carbons (Fsp3) is 0.471. The van der Waals surface area contributed by atoms with Crippen LogP contribution >= 0.6 is 0 Å². The minimum Gasteiger partial charge on any atom is -0.478 e. The lowest BCUT2D eigenvalue weighted by atomic mass is 10.2. The number of likely N-dealkylation sites (tertiary alicyclic amines) is 1. The summed E-state index contributed by atoms with van der Waals surface area (Å²) in [4.78, 5) is 18.9. The van der Waals surface area contributed by atoms with Crippen molar-refractivity contribution in [3.05, 3.63) is 36.2 Å². The van der Waals surface area contributed by atoms with Crippen molar-refractivity contribution in [3.63, 3.8) is 0 Å². The van der Waals surface area contributed by atoms with Crippen molar-refractivity contribution in [1.82, 2.24) is 19.7 Å². The van der Waals surface area contributed by atoms with Gasteiger partial charge in [0, 0.05) is 32.1 Å². The van der Waals surface area contributed by atoms with Gasteiger partial charge in [-0.05, 0) is 25.5 Å². The van der Waals surface area contributed by atoms with Gasteiger partial charge in [0.15, 0.2) is 0 Å². The van der Waals surface area contributed by atoms with Gasteiger partial charge in [-0.2, -0.15) is 5.10 Å². The van der Waals surface area contributed by atoms with Gasteiger partial charge in [-0.3, -0.25) is 9.48 Å². The molecular formula is C17H23N5O3. The molecule has 0 aliphatic carbocycles. The van der Waals surface area contributed by atoms with E-state index in [4.69, 9.17) is 15.2 Å². The van der Waals surface area contributed by atoms with E-state index in [-0.39, 0.29) is 18.1 Å². The first kappa shape index (κ1) is 17.2. The molecule has 3 heterocycles. The molecule has 8 heteroatoms. The second-order valence-electron chi connectivity index (χ2n) is 5.99. The smallest absolute Gasteiger partial charge is 0.255 e. The maximum atomic E-state index is 12.9. The molecule has 2 atom stereocenters. The minimum absolute atomic E-state index is 0.0108. The van der Waals surface area contributed by atoms with Gasteiger partial charge in [-0.1, -0.05) is 0 Å². The van der Waals surface area contributed by atoms with Crippen molar-refractivity contribution in [2.24, 2.45) is 0 Å². The van der Waals surface area contributed by atoms with E-state index in [1.807, 2.05) is 18.0 Å². The van der Waals surface area contributed by atoms with Crippen LogP contribution in [-0.2, 0) is 11.3 Å². The molecule has 2 aromatic heterocycles. The largest absolute Gasteiger partial charge is 0.478 e. The summed E-state index contributed by atoms with van der Waals surface area (Å²) in [6.45, 7) is 3.55. The molecule has 25 heavy (non-hydrogen) atoms. The fourth-order valence-electron chi connectivity index (χ4n) is 3.07. The average molecular weight is 345 g/mol. The number of methoxy groups -OCH3 is 1. The molecular weight excluding hydrogens is 322 g/mol. The molecule has 2 N–H and O–H groups in total. The number of aromatic nitrogens is 3. The molecule has 8 nitrogen and oxygen atoms in total. The Labute approximate surface area is 146 Å². The van der Waals surface area contributed by atoms with Gasteiger partial charge >= 0.3 is 0 Å². The summed E-state index contributed by atoms with van der Waals surface area (Å²) in [5, 5.41) is 4.21. The number of hydrogen-bond acceptors (Lipinski definition) is 6. The topological polar surface area (TPSA) is 95.5 Å². The number of anilines is 1. The van der Waals surface area contributed by atoms with Crippen LogP contribution in [0, 0.1) is 0 Å². The molecule has 1 aliphatic heterocycles. The number of rotatable bonds is 6. The van der Waals surface area contributed by atoms with Crippen molar-refractivity contribution in [2.75, 3.05) is 26.0 Å². The van der Waals surface area contributed by atoms with Crippen LogP contribution in [0.5, 0.6) is 5.88 Å². The fourth-order valence-corrected chi connectivity index (χ4v) is 3.07. The van der Waals surface area contributed by atoms with Crippen molar-refractivity contribution in [2.45, 2.75) is 32.0 Å². The predicted octanol–water partition coefficient (Wildman–Crippen LogP) is 1.19. The predicted molar refractivity (Wildman–Crippen MR) is 92.3 cm³/mol. The molecule has 2 aromatic rings. The van der Waals surface area contributed by atoms with E-state index < -0.39 is 0 Å². The van der Waals surface area contributed by atoms with E-state index in [1.54, 1.807) is 36.2 Å². The average Bonchev–Trinajstić information content (AvgIpc) is 3.21. The van der Waals surface area contributed by atoms with Crippen LogP contribution in [0.25, 0.3) is 0 Å². The lowest BCUT2D eigenvalue weighted by Gasteiger charge is -2.24. The number of nitrogen functional groups attached to an aromatic ring is 1. The van der Waals surface area contributed by atoms with Crippen LogP contribution in [0.1, 0.15) is 23.7 Å². The van der Waals surface area contributed by atoms with Crippen molar-refractivity contribution < 1.29 is 14.3 Å². The minimum atomic E-state index is -0.0692. The number of nitrogens with two attached hydrogens (primary N) is 1. The van der Waals surface area contributed by atoms with E-state index in [0.717, 1.165) is 6.42 Å². The third-order valence-corrected chi connectivity index (χ3v) is 4.30. The maximum absolute atomic E-state index is 12.9. The number of carbonyl (C=O) groups is 1. The van der Waals surface area contributed by atoms with E-state index in [2.05, 4.69) is 10.1 Å². The Morgan fingerprint density at radius 1 is 1.40 bits per heavy atom. The van der Waals surface area contributed by atoms with Crippen LogP contribution in [0.3, 0.4) is 0 Å². The number of pyridine rings is 1. The second kappa shape index (κ2) is 7.52. The SMILES string of the molecule is CCOc1ccc(C(=O)N2C[C@H](OC)C[C@H]2Cn2ccc(N)n2)cn1. The zero-order valence-electron chi connectivity index (χ0n) is 14.5. The molecule has 0 bridgehead atoms. The third kappa shape index (κ3) is 3.90. The van der Waals surface area contributed by atoms with Crippen LogP contribution in [0.2, 0.25) is 0 Å². The molecule has 0 spiro atoms. The Kier molecular flexibility index (Phi) is 5.18. The highest BCUT2D eigenvalue weighted by Gasteiger charge is 2.36. The summed E-state index contributed by atoms with van der Waals surface area (Å²) in [7, 11) is 1.67. The normalized spacial score (nSPS) is 20.0. The Hall–Kier alpha value is -2.61. The molecule has 1 saturated heterocycles. The lowest BCUT2D eigenvalue weighted by molar-refractivity contribution is 0.0678. The molecule has 0 radical (unpaired) electrons. The summed E-state index contributed by atoms with van der Waals surface area (Å²) >= 11 is 0. The van der Waals surface area contributed by atoms with Gasteiger partial charge in [0.05, 0.1) is 30.9 Å². The van der Waals surface area contributed by atoms with Crippen molar-refractivity contribution in [3.8, 4) is 5.88 Å². The van der Waals surface area contributed by atoms with Gasteiger partial charge in [0.25, 0.3) is 5.91 Å². The number of ether oxygens (including phenoxy) is 2. The molecule has 1 aliphatic rings. The highest BCUT2D eigenvalue weighted by Crippen LogP contribution is 2.24. The van der Waals surface area contributed by atoms with Gasteiger partial charge in [-0.25, -0.2) is 4.98 Å². The monoisotopic (exact) mass is 345 g/mol. The number of amides is 1. The van der Waals surface area contributed by atoms with Gasteiger partial charge in [-0.15, -0.1) is 0 Å². The molecule has 1 fully saturated rings. The molecule has 0 aromatic carbocycles. The van der Waals surface area contributed by atoms with Crippen LogP contribution in [-0.4, -0.2) is 58.0 Å². The maximum Gasteiger partial charge on any atom is 0.255 e.